The van der Waals surface area contributed by atoms with Crippen molar-refractivity contribution in [2.45, 2.75) is 18.7 Å². The van der Waals surface area contributed by atoms with Gasteiger partial charge >= 0.3 is 0 Å². The van der Waals surface area contributed by atoms with Crippen molar-refractivity contribution in [3.63, 3.8) is 0 Å². The minimum absolute atomic E-state index is 0.381. The molecule has 2 unspecified atom stereocenters. The molecule has 1 N–H and O–H groups in total. The normalized spacial score (nSPS) is 19.0. The van der Waals surface area contributed by atoms with Gasteiger partial charge in [-0.3, -0.25) is 4.90 Å². The fourth-order valence-electron chi connectivity index (χ4n) is 3.12. The molecule has 27 heavy (non-hydrogen) atoms. The van der Waals surface area contributed by atoms with Gasteiger partial charge in [0.15, 0.2) is 0 Å². The fraction of sp³-hybridized carbons (Fsp3) is 0.333. The van der Waals surface area contributed by atoms with Gasteiger partial charge in [0.2, 0.25) is 0 Å². The molecular formula is C21H23Cl2N3O. The summed E-state index contributed by atoms with van der Waals surface area (Å²) >= 11 is 11.7. The van der Waals surface area contributed by atoms with Crippen LogP contribution in [0.4, 0.5) is 5.69 Å². The number of alkyl halides is 2. The summed E-state index contributed by atoms with van der Waals surface area (Å²) in [6.07, 6.45) is 3.02. The van der Waals surface area contributed by atoms with Gasteiger partial charge in [0.1, 0.15) is 12.1 Å². The Kier molecular flexibility index (Phi) is 7.41. The molecule has 0 spiro atoms. The molecule has 0 heterocycles. The van der Waals surface area contributed by atoms with Crippen LogP contribution in [0.15, 0.2) is 64.8 Å². The highest BCUT2D eigenvalue weighted by atomic mass is 35.5. The third kappa shape index (κ3) is 5.39. The van der Waals surface area contributed by atoms with Gasteiger partial charge in [-0.15, -0.1) is 23.2 Å². The first-order chi connectivity index (χ1) is 13.2. The van der Waals surface area contributed by atoms with Crippen LogP contribution in [0.2, 0.25) is 0 Å². The Hall–Kier alpha value is -1.72. The van der Waals surface area contributed by atoms with E-state index >= 15 is 0 Å². The molecule has 1 aliphatic carbocycles. The number of aliphatic hydroxyl groups is 1. The fourth-order valence-corrected chi connectivity index (χ4v) is 3.60. The van der Waals surface area contributed by atoms with Gasteiger partial charge in [-0.25, -0.2) is 0 Å². The Labute approximate surface area is 170 Å². The number of halogens is 2. The summed E-state index contributed by atoms with van der Waals surface area (Å²) in [7, 11) is 0. The average molecular weight is 404 g/mol. The predicted molar refractivity (Wildman–Crippen MR) is 112 cm³/mol. The Morgan fingerprint density at radius 1 is 0.963 bits per heavy atom. The molecule has 3 rings (SSSR count). The van der Waals surface area contributed by atoms with Gasteiger partial charge in [-0.05, 0) is 28.8 Å². The van der Waals surface area contributed by atoms with Crippen LogP contribution in [0.25, 0.3) is 6.08 Å². The van der Waals surface area contributed by atoms with Crippen molar-refractivity contribution < 1.29 is 5.11 Å². The van der Waals surface area contributed by atoms with Gasteiger partial charge in [0.25, 0.3) is 0 Å². The zero-order valence-corrected chi connectivity index (χ0v) is 16.5. The van der Waals surface area contributed by atoms with Crippen LogP contribution < -0.4 is 0 Å². The Morgan fingerprint density at radius 3 is 2.37 bits per heavy atom. The molecule has 0 radical (unpaired) electrons. The Balaban J connectivity index is 1.68. The quantitative estimate of drug-likeness (QED) is 0.487. The summed E-state index contributed by atoms with van der Waals surface area (Å²) in [5, 5.41) is 19.0. The minimum Gasteiger partial charge on any atom is -0.386 e. The Bertz CT molecular complexity index is 786. The maximum absolute atomic E-state index is 10.3. The van der Waals surface area contributed by atoms with Crippen molar-refractivity contribution in [1.29, 1.82) is 0 Å². The highest BCUT2D eigenvalue weighted by Crippen LogP contribution is 2.32. The van der Waals surface area contributed by atoms with Crippen LogP contribution >= 0.6 is 23.2 Å². The third-order valence-electron chi connectivity index (χ3n) is 4.55. The Morgan fingerprint density at radius 2 is 1.67 bits per heavy atom. The van der Waals surface area contributed by atoms with Crippen LogP contribution in [0, 0.1) is 0 Å². The first-order valence-electron chi connectivity index (χ1n) is 9.00. The van der Waals surface area contributed by atoms with Crippen molar-refractivity contribution in [3.05, 3.63) is 71.3 Å². The van der Waals surface area contributed by atoms with E-state index in [1.165, 1.54) is 5.56 Å². The molecule has 0 aliphatic heterocycles. The van der Waals surface area contributed by atoms with Crippen molar-refractivity contribution in [2.24, 2.45) is 10.2 Å². The van der Waals surface area contributed by atoms with E-state index in [1.54, 1.807) is 6.08 Å². The molecule has 142 valence electrons. The average Bonchev–Trinajstić information content (AvgIpc) is 2.69. The van der Waals surface area contributed by atoms with Crippen molar-refractivity contribution in [3.8, 4) is 0 Å². The lowest BCUT2D eigenvalue weighted by Crippen LogP contribution is -2.27. The molecule has 0 fully saturated rings. The molecule has 0 saturated heterocycles. The summed E-state index contributed by atoms with van der Waals surface area (Å²) in [4.78, 5) is 2.22. The van der Waals surface area contributed by atoms with Gasteiger partial charge in [-0.2, -0.15) is 10.2 Å². The molecule has 0 amide bonds. The lowest BCUT2D eigenvalue weighted by molar-refractivity contribution is 0.189. The van der Waals surface area contributed by atoms with E-state index in [4.69, 9.17) is 23.2 Å². The van der Waals surface area contributed by atoms with E-state index in [1.807, 2.05) is 54.6 Å². The van der Waals surface area contributed by atoms with Crippen LogP contribution in [0.5, 0.6) is 0 Å². The highest BCUT2D eigenvalue weighted by Gasteiger charge is 2.24. The van der Waals surface area contributed by atoms with E-state index in [-0.39, 0.29) is 6.04 Å². The van der Waals surface area contributed by atoms with Gasteiger partial charge in [0.05, 0.1) is 5.69 Å². The zero-order valence-electron chi connectivity index (χ0n) is 15.0. The van der Waals surface area contributed by atoms with Gasteiger partial charge in [0, 0.05) is 31.4 Å². The number of fused-ring (bicyclic) bond motifs is 1. The minimum atomic E-state index is -0.664. The lowest BCUT2D eigenvalue weighted by Gasteiger charge is -2.22. The van der Waals surface area contributed by atoms with Crippen LogP contribution in [0.3, 0.4) is 0 Å². The first-order valence-corrected chi connectivity index (χ1v) is 10.1. The number of aliphatic hydroxyl groups excluding tert-OH is 1. The lowest BCUT2D eigenvalue weighted by atomic mass is 9.91. The molecule has 0 aromatic heterocycles. The maximum Gasteiger partial charge on any atom is 0.126 e. The summed E-state index contributed by atoms with van der Waals surface area (Å²) in [5.41, 5.74) is 4.00. The third-order valence-corrected chi connectivity index (χ3v) is 4.89. The first kappa shape index (κ1) is 20.0. The number of nitrogens with zero attached hydrogens (tertiary/aromatic N) is 3. The zero-order chi connectivity index (χ0) is 19.1. The molecule has 1 aliphatic rings. The number of benzene rings is 2. The van der Waals surface area contributed by atoms with Crippen molar-refractivity contribution in [2.75, 3.05) is 24.8 Å². The summed E-state index contributed by atoms with van der Waals surface area (Å²) in [5.74, 6) is 1.17. The summed E-state index contributed by atoms with van der Waals surface area (Å²) in [6.45, 7) is 2.42. The van der Waals surface area contributed by atoms with Gasteiger partial charge < -0.3 is 5.11 Å². The SMILES string of the molecule is OC1C=Cc2ccccc2C1N=Nc1ccc(CN(CCCl)CCCl)cc1. The second kappa shape index (κ2) is 10.00. The molecule has 0 bridgehead atoms. The van der Waals surface area contributed by atoms with Gasteiger partial charge in [-0.1, -0.05) is 48.6 Å². The molecule has 2 aromatic carbocycles. The maximum atomic E-state index is 10.3. The molecule has 4 nitrogen and oxygen atoms in total. The molecule has 6 heteroatoms. The highest BCUT2D eigenvalue weighted by molar-refractivity contribution is 6.18. The van der Waals surface area contributed by atoms with E-state index < -0.39 is 6.10 Å². The molecule has 2 aromatic rings. The molecular weight excluding hydrogens is 381 g/mol. The topological polar surface area (TPSA) is 48.2 Å². The predicted octanol–water partition coefficient (Wildman–Crippen LogP) is 5.18. The van der Waals surface area contributed by atoms with E-state index in [0.717, 1.165) is 36.4 Å². The van der Waals surface area contributed by atoms with Crippen LogP contribution in [-0.2, 0) is 6.54 Å². The number of hydrogen-bond donors (Lipinski definition) is 1. The van der Waals surface area contributed by atoms with E-state index in [9.17, 15) is 5.11 Å². The van der Waals surface area contributed by atoms with Crippen LogP contribution in [-0.4, -0.2) is 41.0 Å². The number of hydrogen-bond acceptors (Lipinski definition) is 4. The van der Waals surface area contributed by atoms with E-state index in [0.29, 0.717) is 11.8 Å². The monoisotopic (exact) mass is 403 g/mol. The number of rotatable bonds is 8. The number of azo groups is 1. The van der Waals surface area contributed by atoms with Crippen molar-refractivity contribution >= 4 is 35.0 Å². The summed E-state index contributed by atoms with van der Waals surface area (Å²) < 4.78 is 0. The standard InChI is InChI=1S/C21H23Cl2N3O/c22-11-13-26(14-12-23)15-16-5-8-18(9-6-16)24-25-21-19-4-2-1-3-17(19)7-10-20(21)27/h1-10,20-21,27H,11-15H2. The molecule has 0 saturated carbocycles. The second-order valence-electron chi connectivity index (χ2n) is 6.46. The smallest absolute Gasteiger partial charge is 0.126 e. The second-order valence-corrected chi connectivity index (χ2v) is 7.22. The van der Waals surface area contributed by atoms with E-state index in [2.05, 4.69) is 15.1 Å². The van der Waals surface area contributed by atoms with Crippen LogP contribution in [0.1, 0.15) is 22.7 Å². The van der Waals surface area contributed by atoms with Crippen molar-refractivity contribution in [1.82, 2.24) is 4.90 Å². The summed E-state index contributed by atoms with van der Waals surface area (Å²) in [6, 6.07) is 15.5. The largest absolute Gasteiger partial charge is 0.386 e. The molecule has 2 atom stereocenters.